The van der Waals surface area contributed by atoms with Gasteiger partial charge < -0.3 is 10.1 Å². The summed E-state index contributed by atoms with van der Waals surface area (Å²) in [6, 6.07) is 12.2. The Morgan fingerprint density at radius 3 is 2.95 bits per heavy atom. The Bertz CT molecular complexity index is 603. The zero-order valence-electron chi connectivity index (χ0n) is 12.5. The van der Waals surface area contributed by atoms with Gasteiger partial charge in [-0.15, -0.1) is 0 Å². The van der Waals surface area contributed by atoms with Crippen molar-refractivity contribution in [1.29, 1.82) is 0 Å². The summed E-state index contributed by atoms with van der Waals surface area (Å²) in [6.45, 7) is 1.27. The molecule has 0 aliphatic carbocycles. The van der Waals surface area contributed by atoms with Crippen LogP contribution in [0.3, 0.4) is 0 Å². The second-order valence-corrected chi connectivity index (χ2v) is 5.67. The van der Waals surface area contributed by atoms with Crippen molar-refractivity contribution in [3.05, 3.63) is 47.7 Å². The molecule has 0 bridgehead atoms. The molecule has 1 aromatic heterocycles. The summed E-state index contributed by atoms with van der Waals surface area (Å²) < 4.78 is 5.34. The Balaban J connectivity index is 1.51. The predicted molar refractivity (Wildman–Crippen MR) is 84.6 cm³/mol. The molecule has 1 amide bonds. The van der Waals surface area contributed by atoms with E-state index in [1.807, 2.05) is 24.3 Å². The molecule has 116 valence electrons. The van der Waals surface area contributed by atoms with Gasteiger partial charge in [0.2, 0.25) is 5.91 Å². The van der Waals surface area contributed by atoms with Crippen molar-refractivity contribution in [3.63, 3.8) is 0 Å². The molecule has 3 rings (SSSR count). The van der Waals surface area contributed by atoms with Gasteiger partial charge in [-0.05, 0) is 31.2 Å². The fourth-order valence-electron chi connectivity index (χ4n) is 2.65. The molecule has 2 heterocycles. The van der Waals surface area contributed by atoms with E-state index in [1.54, 1.807) is 0 Å². The van der Waals surface area contributed by atoms with Crippen LogP contribution in [0.5, 0.6) is 0 Å². The van der Waals surface area contributed by atoms with Crippen molar-refractivity contribution in [2.24, 2.45) is 5.92 Å². The summed E-state index contributed by atoms with van der Waals surface area (Å²) in [5.74, 6) is 0.540. The molecule has 1 fully saturated rings. The van der Waals surface area contributed by atoms with Crippen LogP contribution in [-0.2, 0) is 22.4 Å². The van der Waals surface area contributed by atoms with Gasteiger partial charge >= 0.3 is 0 Å². The third-order valence-electron chi connectivity index (χ3n) is 3.94. The van der Waals surface area contributed by atoms with Crippen molar-refractivity contribution in [2.75, 3.05) is 18.5 Å². The molecule has 1 aliphatic rings. The molecule has 22 heavy (non-hydrogen) atoms. The van der Waals surface area contributed by atoms with Gasteiger partial charge in [-0.2, -0.15) is 5.10 Å². The van der Waals surface area contributed by atoms with Crippen LogP contribution in [-0.4, -0.2) is 29.3 Å². The third-order valence-corrected chi connectivity index (χ3v) is 3.94. The minimum atomic E-state index is -0.0572. The zero-order chi connectivity index (χ0) is 15.2. The Morgan fingerprint density at radius 1 is 1.32 bits per heavy atom. The first-order valence-electron chi connectivity index (χ1n) is 7.78. The van der Waals surface area contributed by atoms with Crippen LogP contribution in [0.25, 0.3) is 0 Å². The van der Waals surface area contributed by atoms with Crippen molar-refractivity contribution >= 4 is 11.7 Å². The smallest absolute Gasteiger partial charge is 0.231 e. The van der Waals surface area contributed by atoms with Gasteiger partial charge in [0.1, 0.15) is 0 Å². The number of ether oxygens (including phenoxy) is 1. The number of aryl methyl sites for hydroxylation is 2. The van der Waals surface area contributed by atoms with E-state index < -0.39 is 0 Å². The van der Waals surface area contributed by atoms with Crippen LogP contribution < -0.4 is 5.32 Å². The van der Waals surface area contributed by atoms with E-state index in [0.29, 0.717) is 12.4 Å². The third kappa shape index (κ3) is 3.95. The fourth-order valence-corrected chi connectivity index (χ4v) is 2.65. The highest BCUT2D eigenvalue weighted by Crippen LogP contribution is 2.16. The number of rotatable bonds is 5. The molecule has 5 heteroatoms. The molecule has 2 N–H and O–H groups in total. The van der Waals surface area contributed by atoms with Crippen molar-refractivity contribution in [3.8, 4) is 0 Å². The Hall–Kier alpha value is -2.14. The number of aromatic nitrogens is 2. The van der Waals surface area contributed by atoms with Crippen molar-refractivity contribution in [2.45, 2.75) is 25.7 Å². The van der Waals surface area contributed by atoms with E-state index in [2.05, 4.69) is 27.6 Å². The second kappa shape index (κ2) is 7.22. The molecule has 1 aliphatic heterocycles. The lowest BCUT2D eigenvalue weighted by molar-refractivity contribution is -0.123. The van der Waals surface area contributed by atoms with E-state index >= 15 is 0 Å². The van der Waals surface area contributed by atoms with Gasteiger partial charge in [-0.1, -0.05) is 30.3 Å². The molecule has 0 radical (unpaired) electrons. The van der Waals surface area contributed by atoms with Gasteiger partial charge in [-0.3, -0.25) is 9.89 Å². The number of nitrogens with one attached hydrogen (secondary N) is 2. The monoisotopic (exact) mass is 299 g/mol. The van der Waals surface area contributed by atoms with Crippen molar-refractivity contribution in [1.82, 2.24) is 10.2 Å². The predicted octanol–water partition coefficient (Wildman–Crippen LogP) is 2.56. The standard InChI is InChI=1S/C17H21N3O2/c21-17(14-7-4-10-22-12-14)18-16-11-15(19-20-16)9-8-13-5-2-1-3-6-13/h1-3,5-6,11,14H,4,7-10,12H2,(H2,18,19,20,21)/t14-/m1/s1. The number of amides is 1. The highest BCUT2D eigenvalue weighted by atomic mass is 16.5. The summed E-state index contributed by atoms with van der Waals surface area (Å²) in [4.78, 5) is 12.1. The minimum Gasteiger partial charge on any atom is -0.381 e. The number of benzene rings is 1. The number of aromatic amines is 1. The lowest BCUT2D eigenvalue weighted by atomic mass is 10.0. The van der Waals surface area contributed by atoms with Crippen LogP contribution in [0.15, 0.2) is 36.4 Å². The van der Waals surface area contributed by atoms with E-state index in [-0.39, 0.29) is 11.8 Å². The number of H-pyrrole nitrogens is 1. The molecule has 1 aromatic carbocycles. The maximum Gasteiger partial charge on any atom is 0.231 e. The topological polar surface area (TPSA) is 67.0 Å². The second-order valence-electron chi connectivity index (χ2n) is 5.67. The number of nitrogens with zero attached hydrogens (tertiary/aromatic N) is 1. The number of hydrogen-bond donors (Lipinski definition) is 2. The molecule has 0 saturated carbocycles. The van der Waals surface area contributed by atoms with Crippen LogP contribution in [0.1, 0.15) is 24.1 Å². The molecule has 0 spiro atoms. The molecule has 2 aromatic rings. The van der Waals surface area contributed by atoms with Crippen LogP contribution in [0, 0.1) is 5.92 Å². The van der Waals surface area contributed by atoms with Gasteiger partial charge in [0.05, 0.1) is 12.5 Å². The summed E-state index contributed by atoms with van der Waals surface area (Å²) in [6.07, 6.45) is 3.66. The number of carbonyl (C=O) groups is 1. The summed E-state index contributed by atoms with van der Waals surface area (Å²) in [5.41, 5.74) is 2.32. The van der Waals surface area contributed by atoms with E-state index in [9.17, 15) is 4.79 Å². The number of anilines is 1. The molecule has 5 nitrogen and oxygen atoms in total. The SMILES string of the molecule is O=C(Nc1cc(CCc2ccccc2)[nH]n1)[C@@H]1CCCOC1. The van der Waals surface area contributed by atoms with Gasteiger partial charge in [0.25, 0.3) is 0 Å². The van der Waals surface area contributed by atoms with E-state index in [4.69, 9.17) is 4.74 Å². The quantitative estimate of drug-likeness (QED) is 0.891. The Kier molecular flexibility index (Phi) is 4.85. The lowest BCUT2D eigenvalue weighted by Gasteiger charge is -2.20. The largest absolute Gasteiger partial charge is 0.381 e. The number of carbonyl (C=O) groups excluding carboxylic acids is 1. The first-order valence-corrected chi connectivity index (χ1v) is 7.78. The molecule has 0 unspecified atom stereocenters. The Morgan fingerprint density at radius 2 is 2.18 bits per heavy atom. The minimum absolute atomic E-state index is 0.000749. The highest BCUT2D eigenvalue weighted by molar-refractivity contribution is 5.91. The van der Waals surface area contributed by atoms with Gasteiger partial charge in [0, 0.05) is 18.4 Å². The van der Waals surface area contributed by atoms with Crippen LogP contribution in [0.4, 0.5) is 5.82 Å². The summed E-state index contributed by atoms with van der Waals surface area (Å²) >= 11 is 0. The van der Waals surface area contributed by atoms with E-state index in [1.165, 1.54) is 5.56 Å². The van der Waals surface area contributed by atoms with Gasteiger partial charge in [0.15, 0.2) is 5.82 Å². The maximum atomic E-state index is 12.1. The molecular weight excluding hydrogens is 278 g/mol. The molecule has 1 atom stereocenters. The Labute approximate surface area is 130 Å². The normalized spacial score (nSPS) is 18.1. The summed E-state index contributed by atoms with van der Waals surface area (Å²) in [5, 5.41) is 10.0. The van der Waals surface area contributed by atoms with E-state index in [0.717, 1.165) is 38.0 Å². The lowest BCUT2D eigenvalue weighted by Crippen LogP contribution is -2.30. The maximum absolute atomic E-state index is 12.1. The number of hydrogen-bond acceptors (Lipinski definition) is 3. The average molecular weight is 299 g/mol. The molecular formula is C17H21N3O2. The molecule has 1 saturated heterocycles. The summed E-state index contributed by atoms with van der Waals surface area (Å²) in [7, 11) is 0. The van der Waals surface area contributed by atoms with Crippen molar-refractivity contribution < 1.29 is 9.53 Å². The van der Waals surface area contributed by atoms with Gasteiger partial charge in [-0.25, -0.2) is 0 Å². The first kappa shape index (κ1) is 14.8. The zero-order valence-corrected chi connectivity index (χ0v) is 12.5. The first-order chi connectivity index (χ1) is 10.8. The van der Waals surface area contributed by atoms with Crippen LogP contribution in [0.2, 0.25) is 0 Å². The fraction of sp³-hybridized carbons (Fsp3) is 0.412. The average Bonchev–Trinajstić information content (AvgIpc) is 3.02. The highest BCUT2D eigenvalue weighted by Gasteiger charge is 2.22. The van der Waals surface area contributed by atoms with Crippen LogP contribution >= 0.6 is 0 Å².